The first kappa shape index (κ1) is 19.3. The minimum absolute atomic E-state index is 0.150. The lowest BCUT2D eigenvalue weighted by molar-refractivity contribution is -0.143. The zero-order valence-electron chi connectivity index (χ0n) is 18.0. The molecule has 0 aromatic heterocycles. The van der Waals surface area contributed by atoms with Crippen molar-refractivity contribution in [3.63, 3.8) is 0 Å². The van der Waals surface area contributed by atoms with Gasteiger partial charge in [-0.25, -0.2) is 0 Å². The Morgan fingerprint density at radius 2 is 1.70 bits per heavy atom. The molecule has 27 heavy (non-hydrogen) atoms. The number of hydrogen-bond acceptors (Lipinski definition) is 2. The van der Waals surface area contributed by atoms with E-state index in [1.165, 1.54) is 19.3 Å². The predicted octanol–water partition coefficient (Wildman–Crippen LogP) is 3.94. The average molecular weight is 375 g/mol. The van der Waals surface area contributed by atoms with Crippen LogP contribution in [0, 0.1) is 34.5 Å². The number of amides is 2. The lowest BCUT2D eigenvalue weighted by atomic mass is 9.48. The number of nitrogens with zero attached hydrogens (tertiary/aromatic N) is 2. The van der Waals surface area contributed by atoms with Crippen molar-refractivity contribution in [3.05, 3.63) is 0 Å². The quantitative estimate of drug-likeness (QED) is 0.751. The summed E-state index contributed by atoms with van der Waals surface area (Å²) in [6.07, 6.45) is 7.78. The molecule has 0 N–H and O–H groups in total. The fourth-order valence-corrected chi connectivity index (χ4v) is 8.11. The summed E-state index contributed by atoms with van der Waals surface area (Å²) in [4.78, 5) is 29.8. The highest BCUT2D eigenvalue weighted by molar-refractivity contribution is 5.81. The monoisotopic (exact) mass is 374 g/mol. The number of carbonyl (C=O) groups excluding carboxylic acids is 2. The Bertz CT molecular complexity index is 630. The molecule has 6 unspecified atom stereocenters. The average Bonchev–Trinajstić information content (AvgIpc) is 3.10. The second-order valence-corrected chi connectivity index (χ2v) is 10.3. The van der Waals surface area contributed by atoms with Crippen molar-refractivity contribution in [2.75, 3.05) is 20.1 Å². The van der Waals surface area contributed by atoms with Gasteiger partial charge in [0.1, 0.15) is 0 Å². The first-order valence-corrected chi connectivity index (χ1v) is 11.3. The van der Waals surface area contributed by atoms with Crippen LogP contribution in [-0.2, 0) is 9.59 Å². The molecule has 2 amide bonds. The zero-order valence-corrected chi connectivity index (χ0v) is 18.0. The van der Waals surface area contributed by atoms with E-state index in [0.717, 1.165) is 38.8 Å². The molecule has 4 fully saturated rings. The third kappa shape index (κ3) is 2.54. The summed E-state index contributed by atoms with van der Waals surface area (Å²) in [7, 11) is 2.01. The normalized spacial score (nSPS) is 46.0. The second-order valence-electron chi connectivity index (χ2n) is 10.3. The molecule has 7 atom stereocenters. The van der Waals surface area contributed by atoms with E-state index >= 15 is 0 Å². The molecule has 0 spiro atoms. The van der Waals surface area contributed by atoms with Gasteiger partial charge in [0.2, 0.25) is 11.8 Å². The molecule has 4 nitrogen and oxygen atoms in total. The summed E-state index contributed by atoms with van der Waals surface area (Å²) in [5, 5.41) is 0. The maximum Gasteiger partial charge on any atom is 0.226 e. The Hall–Kier alpha value is -1.06. The Balaban J connectivity index is 1.59. The Kier molecular flexibility index (Phi) is 4.63. The van der Waals surface area contributed by atoms with E-state index < -0.39 is 0 Å². The zero-order chi connectivity index (χ0) is 19.6. The molecule has 4 rings (SSSR count). The molecular weight excluding hydrogens is 336 g/mol. The predicted molar refractivity (Wildman–Crippen MR) is 107 cm³/mol. The number of hydrogen-bond donors (Lipinski definition) is 0. The summed E-state index contributed by atoms with van der Waals surface area (Å²) in [5.41, 5.74) is 0.315. The Morgan fingerprint density at radius 1 is 1.04 bits per heavy atom. The highest BCUT2D eigenvalue weighted by atomic mass is 16.2. The van der Waals surface area contributed by atoms with Crippen LogP contribution < -0.4 is 0 Å². The van der Waals surface area contributed by atoms with Crippen LogP contribution in [0.3, 0.4) is 0 Å². The minimum atomic E-state index is 0.150. The first-order chi connectivity index (χ1) is 12.8. The van der Waals surface area contributed by atoms with Crippen LogP contribution in [0.15, 0.2) is 0 Å². The van der Waals surface area contributed by atoms with Crippen molar-refractivity contribution >= 4 is 11.8 Å². The SMILES string of the molecule is CCN(CC)C(=O)[C@H]1CCC2C3CCC4N(C)C(=O)CC4(C)C3CCC21C. The van der Waals surface area contributed by atoms with Crippen molar-refractivity contribution in [3.8, 4) is 0 Å². The van der Waals surface area contributed by atoms with Crippen molar-refractivity contribution < 1.29 is 9.59 Å². The van der Waals surface area contributed by atoms with Gasteiger partial charge < -0.3 is 9.80 Å². The van der Waals surface area contributed by atoms with Crippen LogP contribution in [0.2, 0.25) is 0 Å². The molecule has 3 aliphatic carbocycles. The van der Waals surface area contributed by atoms with Crippen molar-refractivity contribution in [2.24, 2.45) is 34.5 Å². The number of fused-ring (bicyclic) bond motifs is 5. The van der Waals surface area contributed by atoms with E-state index in [4.69, 9.17) is 0 Å². The number of likely N-dealkylation sites (tertiary alicyclic amines) is 1. The fourth-order valence-electron chi connectivity index (χ4n) is 8.11. The summed E-state index contributed by atoms with van der Waals surface area (Å²) in [6, 6.07) is 0.435. The maximum absolute atomic E-state index is 13.2. The van der Waals surface area contributed by atoms with Crippen LogP contribution >= 0.6 is 0 Å². The van der Waals surface area contributed by atoms with Crippen molar-refractivity contribution in [1.29, 1.82) is 0 Å². The lowest BCUT2D eigenvalue weighted by Crippen LogP contribution is -2.55. The third-order valence-corrected chi connectivity index (χ3v) is 9.59. The molecule has 1 aliphatic heterocycles. The molecule has 3 saturated carbocycles. The number of carbonyl (C=O) groups is 2. The van der Waals surface area contributed by atoms with Gasteiger partial charge in [-0.15, -0.1) is 0 Å². The van der Waals surface area contributed by atoms with Crippen LogP contribution in [0.1, 0.15) is 72.6 Å². The Morgan fingerprint density at radius 3 is 2.37 bits per heavy atom. The number of rotatable bonds is 3. The van der Waals surface area contributed by atoms with E-state index in [9.17, 15) is 9.59 Å². The minimum Gasteiger partial charge on any atom is -0.343 e. The lowest BCUT2D eigenvalue weighted by Gasteiger charge is -2.57. The van der Waals surface area contributed by atoms with E-state index in [0.29, 0.717) is 35.6 Å². The third-order valence-electron chi connectivity index (χ3n) is 9.59. The van der Waals surface area contributed by atoms with E-state index in [-0.39, 0.29) is 16.7 Å². The van der Waals surface area contributed by atoms with Crippen LogP contribution in [0.25, 0.3) is 0 Å². The van der Waals surface area contributed by atoms with Gasteiger partial charge >= 0.3 is 0 Å². The molecule has 1 heterocycles. The summed E-state index contributed by atoms with van der Waals surface area (Å²) in [5.74, 6) is 2.99. The van der Waals surface area contributed by atoms with Gasteiger partial charge in [-0.05, 0) is 81.0 Å². The van der Waals surface area contributed by atoms with Crippen LogP contribution in [0.4, 0.5) is 0 Å². The molecule has 4 aliphatic rings. The van der Waals surface area contributed by atoms with E-state index in [2.05, 4.69) is 27.7 Å². The van der Waals surface area contributed by atoms with Gasteiger partial charge in [-0.3, -0.25) is 9.59 Å². The molecule has 0 bridgehead atoms. The molecular formula is C23H38N2O2. The van der Waals surface area contributed by atoms with Gasteiger partial charge in [0.05, 0.1) is 0 Å². The highest BCUT2D eigenvalue weighted by Crippen LogP contribution is 2.66. The standard InChI is InChI=1S/C23H38N2O2/c1-6-25(7-2)21(27)18-10-9-16-15-8-11-19-23(4,14-20(26)24(19)5)17(15)12-13-22(16,18)3/h15-19H,6-14H2,1-5H3/t15?,16?,17?,18-,19?,22?,23?/m1/s1. The summed E-state index contributed by atoms with van der Waals surface area (Å²) < 4.78 is 0. The van der Waals surface area contributed by atoms with E-state index in [1.54, 1.807) is 0 Å². The van der Waals surface area contributed by atoms with Crippen LogP contribution in [0.5, 0.6) is 0 Å². The van der Waals surface area contributed by atoms with Gasteiger partial charge in [0.25, 0.3) is 0 Å². The fraction of sp³-hybridized carbons (Fsp3) is 0.913. The first-order valence-electron chi connectivity index (χ1n) is 11.3. The smallest absolute Gasteiger partial charge is 0.226 e. The second kappa shape index (κ2) is 6.49. The maximum atomic E-state index is 13.2. The molecule has 4 heteroatoms. The topological polar surface area (TPSA) is 40.6 Å². The van der Waals surface area contributed by atoms with E-state index in [1.807, 2.05) is 16.8 Å². The summed E-state index contributed by atoms with van der Waals surface area (Å²) in [6.45, 7) is 10.7. The Labute approximate surface area is 165 Å². The highest BCUT2D eigenvalue weighted by Gasteiger charge is 2.63. The van der Waals surface area contributed by atoms with Gasteiger partial charge in [0.15, 0.2) is 0 Å². The van der Waals surface area contributed by atoms with Gasteiger partial charge in [-0.2, -0.15) is 0 Å². The molecule has 152 valence electrons. The molecule has 1 saturated heterocycles. The van der Waals surface area contributed by atoms with Crippen LogP contribution in [-0.4, -0.2) is 47.8 Å². The molecule has 0 aromatic carbocycles. The summed E-state index contributed by atoms with van der Waals surface area (Å²) >= 11 is 0. The van der Waals surface area contributed by atoms with Gasteiger partial charge in [0, 0.05) is 38.5 Å². The van der Waals surface area contributed by atoms with Crippen molar-refractivity contribution in [2.45, 2.75) is 78.7 Å². The molecule has 0 aromatic rings. The largest absolute Gasteiger partial charge is 0.343 e. The molecule has 0 radical (unpaired) electrons. The van der Waals surface area contributed by atoms with Crippen molar-refractivity contribution in [1.82, 2.24) is 9.80 Å². The van der Waals surface area contributed by atoms with Gasteiger partial charge in [-0.1, -0.05) is 13.8 Å².